The lowest BCUT2D eigenvalue weighted by molar-refractivity contribution is -0.143. The van der Waals surface area contributed by atoms with Gasteiger partial charge in [-0.1, -0.05) is 0 Å². The van der Waals surface area contributed by atoms with Crippen LogP contribution in [0.15, 0.2) is 24.3 Å². The summed E-state index contributed by atoms with van der Waals surface area (Å²) >= 11 is 0. The number of nitriles is 1. The summed E-state index contributed by atoms with van der Waals surface area (Å²) in [6.45, 7) is 7.69. The van der Waals surface area contributed by atoms with Crippen LogP contribution in [-0.2, 0) is 16.0 Å². The minimum atomic E-state index is -0.323. The van der Waals surface area contributed by atoms with Crippen LogP contribution in [0.3, 0.4) is 0 Å². The first-order valence-electron chi connectivity index (χ1n) is 8.33. The van der Waals surface area contributed by atoms with Crippen LogP contribution in [0.5, 0.6) is 0 Å². The van der Waals surface area contributed by atoms with Crippen molar-refractivity contribution < 1.29 is 13.9 Å². The Balaban J connectivity index is 2.44. The van der Waals surface area contributed by atoms with Crippen molar-refractivity contribution in [1.29, 1.82) is 5.26 Å². The number of rotatable bonds is 5. The Bertz CT molecular complexity index is 827. The molecule has 3 nitrogen and oxygen atoms in total. The molecule has 0 spiro atoms. The fourth-order valence-electron chi connectivity index (χ4n) is 3.12. The molecule has 0 unspecified atom stereocenters. The van der Waals surface area contributed by atoms with Gasteiger partial charge in [0.15, 0.2) is 0 Å². The summed E-state index contributed by atoms with van der Waals surface area (Å²) in [6.07, 6.45) is 0.451. The van der Waals surface area contributed by atoms with Gasteiger partial charge in [-0.25, -0.2) is 4.39 Å². The number of benzene rings is 2. The monoisotopic (exact) mass is 339 g/mol. The Hall–Kier alpha value is -2.67. The summed E-state index contributed by atoms with van der Waals surface area (Å²) in [5.74, 6) is -0.604. The lowest BCUT2D eigenvalue weighted by atomic mass is 9.91. The summed E-state index contributed by atoms with van der Waals surface area (Å²) in [7, 11) is 0. The van der Waals surface area contributed by atoms with Crippen molar-refractivity contribution in [1.82, 2.24) is 0 Å². The second-order valence-corrected chi connectivity index (χ2v) is 6.17. The van der Waals surface area contributed by atoms with E-state index in [-0.39, 0.29) is 18.2 Å². The summed E-state index contributed by atoms with van der Waals surface area (Å²) in [5, 5.41) is 9.09. The van der Waals surface area contributed by atoms with E-state index in [9.17, 15) is 9.18 Å². The van der Waals surface area contributed by atoms with Crippen LogP contribution in [0.4, 0.5) is 4.39 Å². The molecule has 0 saturated heterocycles. The zero-order valence-electron chi connectivity index (χ0n) is 15.1. The number of nitrogens with zero attached hydrogens (tertiary/aromatic N) is 1. The molecular formula is C21H22FNO2. The van der Waals surface area contributed by atoms with E-state index < -0.39 is 0 Å². The molecule has 4 heteroatoms. The van der Waals surface area contributed by atoms with Gasteiger partial charge in [0, 0.05) is 6.42 Å². The topological polar surface area (TPSA) is 50.1 Å². The van der Waals surface area contributed by atoms with Crippen LogP contribution < -0.4 is 0 Å². The van der Waals surface area contributed by atoms with Crippen molar-refractivity contribution in [2.24, 2.45) is 0 Å². The van der Waals surface area contributed by atoms with Gasteiger partial charge in [-0.2, -0.15) is 5.26 Å². The predicted molar refractivity (Wildman–Crippen MR) is 95.7 cm³/mol. The molecule has 2 rings (SSSR count). The van der Waals surface area contributed by atoms with Gasteiger partial charge in [-0.3, -0.25) is 4.79 Å². The molecule has 0 bridgehead atoms. The van der Waals surface area contributed by atoms with Crippen LogP contribution >= 0.6 is 0 Å². The first-order chi connectivity index (χ1) is 11.9. The van der Waals surface area contributed by atoms with E-state index in [4.69, 9.17) is 10.00 Å². The highest BCUT2D eigenvalue weighted by Crippen LogP contribution is 2.31. The number of carbonyl (C=O) groups is 1. The highest BCUT2D eigenvalue weighted by atomic mass is 19.1. The largest absolute Gasteiger partial charge is 0.466 e. The number of esters is 1. The van der Waals surface area contributed by atoms with Crippen LogP contribution in [0.25, 0.3) is 11.1 Å². The molecule has 0 aromatic heterocycles. The Morgan fingerprint density at radius 2 is 1.76 bits per heavy atom. The minimum absolute atomic E-state index is 0.152. The highest BCUT2D eigenvalue weighted by molar-refractivity contribution is 5.74. The Morgan fingerprint density at radius 3 is 2.32 bits per heavy atom. The van der Waals surface area contributed by atoms with E-state index in [1.165, 1.54) is 0 Å². The first-order valence-corrected chi connectivity index (χ1v) is 8.33. The molecule has 0 N–H and O–H groups in total. The minimum Gasteiger partial charge on any atom is -0.466 e. The molecule has 2 aromatic rings. The fraction of sp³-hybridized carbons (Fsp3) is 0.333. The van der Waals surface area contributed by atoms with Gasteiger partial charge in [0.05, 0.1) is 18.2 Å². The summed E-state index contributed by atoms with van der Waals surface area (Å²) in [6, 6.07) is 9.42. The third-order valence-electron chi connectivity index (χ3n) is 4.18. The molecule has 0 atom stereocenters. The smallest absolute Gasteiger partial charge is 0.306 e. The summed E-state index contributed by atoms with van der Waals surface area (Å²) in [4.78, 5) is 11.6. The van der Waals surface area contributed by atoms with Crippen molar-refractivity contribution in [2.45, 2.75) is 40.5 Å². The Morgan fingerprint density at radius 1 is 1.12 bits per heavy atom. The zero-order chi connectivity index (χ0) is 18.6. The molecule has 0 fully saturated rings. The molecule has 0 aliphatic carbocycles. The van der Waals surface area contributed by atoms with Crippen molar-refractivity contribution >= 4 is 5.97 Å². The third kappa shape index (κ3) is 4.24. The van der Waals surface area contributed by atoms with E-state index in [1.807, 2.05) is 32.0 Å². The van der Waals surface area contributed by atoms with Crippen LogP contribution in [-0.4, -0.2) is 12.6 Å². The second kappa shape index (κ2) is 7.94. The standard InChI is InChI=1S/C21H22FNO2/c1-5-25-19(24)7-6-17-11-18(10-15(4)21(17)22)20-13(2)8-16(12-23)9-14(20)3/h8-11H,5-7H2,1-4H3. The van der Waals surface area contributed by atoms with Crippen LogP contribution in [0.1, 0.15) is 41.2 Å². The van der Waals surface area contributed by atoms with Crippen LogP contribution in [0, 0.1) is 37.9 Å². The number of ether oxygens (including phenoxy) is 1. The number of halogens is 1. The third-order valence-corrected chi connectivity index (χ3v) is 4.18. The molecule has 0 amide bonds. The Labute approximate surface area is 148 Å². The van der Waals surface area contributed by atoms with E-state index in [1.54, 1.807) is 19.9 Å². The van der Waals surface area contributed by atoms with E-state index in [2.05, 4.69) is 6.07 Å². The number of carbonyl (C=O) groups excluding carboxylic acids is 1. The van der Waals surface area contributed by atoms with Crippen molar-refractivity contribution in [3.05, 3.63) is 57.9 Å². The van der Waals surface area contributed by atoms with Crippen molar-refractivity contribution in [2.75, 3.05) is 6.61 Å². The molecule has 130 valence electrons. The fourth-order valence-corrected chi connectivity index (χ4v) is 3.12. The lowest BCUT2D eigenvalue weighted by Gasteiger charge is -2.14. The van der Waals surface area contributed by atoms with Gasteiger partial charge in [0.2, 0.25) is 0 Å². The maximum absolute atomic E-state index is 14.5. The van der Waals surface area contributed by atoms with Gasteiger partial charge >= 0.3 is 5.97 Å². The highest BCUT2D eigenvalue weighted by Gasteiger charge is 2.14. The first kappa shape index (κ1) is 18.7. The van der Waals surface area contributed by atoms with Gasteiger partial charge in [-0.05, 0) is 91.8 Å². The Kier molecular flexibility index (Phi) is 5.93. The van der Waals surface area contributed by atoms with Crippen LogP contribution in [0.2, 0.25) is 0 Å². The quantitative estimate of drug-likeness (QED) is 0.736. The number of aryl methyl sites for hydroxylation is 4. The molecule has 0 saturated carbocycles. The van der Waals surface area contributed by atoms with Crippen molar-refractivity contribution in [3.63, 3.8) is 0 Å². The maximum atomic E-state index is 14.5. The van der Waals surface area contributed by atoms with E-state index in [0.29, 0.717) is 29.7 Å². The molecule has 0 aliphatic rings. The maximum Gasteiger partial charge on any atom is 0.306 e. The molecule has 0 heterocycles. The molecule has 0 radical (unpaired) electrons. The van der Waals surface area contributed by atoms with E-state index in [0.717, 1.165) is 22.3 Å². The second-order valence-electron chi connectivity index (χ2n) is 6.17. The molecule has 0 aliphatic heterocycles. The number of hydrogen-bond donors (Lipinski definition) is 0. The van der Waals surface area contributed by atoms with Gasteiger partial charge in [-0.15, -0.1) is 0 Å². The average Bonchev–Trinajstić information content (AvgIpc) is 2.56. The average molecular weight is 339 g/mol. The molecule has 25 heavy (non-hydrogen) atoms. The van der Waals surface area contributed by atoms with Gasteiger partial charge in [0.25, 0.3) is 0 Å². The SMILES string of the molecule is CCOC(=O)CCc1cc(-c2c(C)cc(C#N)cc2C)cc(C)c1F. The lowest BCUT2D eigenvalue weighted by Crippen LogP contribution is -2.06. The van der Waals surface area contributed by atoms with Gasteiger partial charge in [0.1, 0.15) is 5.82 Å². The summed E-state index contributed by atoms with van der Waals surface area (Å²) in [5.41, 5.74) is 5.50. The summed E-state index contributed by atoms with van der Waals surface area (Å²) < 4.78 is 19.4. The molecular weight excluding hydrogens is 317 g/mol. The van der Waals surface area contributed by atoms with E-state index >= 15 is 0 Å². The normalized spacial score (nSPS) is 10.4. The zero-order valence-corrected chi connectivity index (χ0v) is 15.1. The molecule has 2 aromatic carbocycles. The van der Waals surface area contributed by atoms with Gasteiger partial charge < -0.3 is 4.74 Å². The predicted octanol–water partition coefficient (Wildman–Crippen LogP) is 4.79. The number of hydrogen-bond acceptors (Lipinski definition) is 3. The van der Waals surface area contributed by atoms with Crippen molar-refractivity contribution in [3.8, 4) is 17.2 Å².